The Bertz CT molecular complexity index is 2570. The van der Waals surface area contributed by atoms with E-state index in [0.717, 1.165) is 36.4 Å². The van der Waals surface area contributed by atoms with Gasteiger partial charge in [-0.05, 0) is 72.5 Å². The standard InChI is InChI=1S/C46H46ClN7O12/c1-23-40(59)53-38(27-17-29(55)21-30(56)18-27)45(64)54-39(28-19-31(57)22-32(58)20-28)46(65)66-24(2)37(44(63)51-34(42(61)48-23)15-25-9-5-3-6-10-25)52-43(62)35(16-26-11-7-4-8-12-26)50-41(60)33-13-14-36(47)49-33/h3-14,17-24,34-35,37-39,49,55-58H,15-16H2,1-2H3,(H,48,61)(H,50,60)(H,51,63)(H,52,62)(H,53,59)(H,54,64). The van der Waals surface area contributed by atoms with Crippen molar-refractivity contribution in [2.24, 2.45) is 0 Å². The van der Waals surface area contributed by atoms with E-state index in [9.17, 15) is 54.0 Å². The highest BCUT2D eigenvalue weighted by Gasteiger charge is 2.39. The predicted octanol–water partition coefficient (Wildman–Crippen LogP) is 2.21. The van der Waals surface area contributed by atoms with Gasteiger partial charge in [0.25, 0.3) is 5.91 Å². The number of rotatable bonds is 10. The van der Waals surface area contributed by atoms with Crippen LogP contribution in [0.4, 0.5) is 0 Å². The molecular weight excluding hydrogens is 878 g/mol. The molecule has 11 N–H and O–H groups in total. The van der Waals surface area contributed by atoms with Crippen molar-refractivity contribution in [3.63, 3.8) is 0 Å². The van der Waals surface area contributed by atoms with Gasteiger partial charge in [0.2, 0.25) is 29.5 Å². The minimum atomic E-state index is -1.92. The quantitative estimate of drug-likeness (QED) is 0.0900. The highest BCUT2D eigenvalue weighted by atomic mass is 35.5. The van der Waals surface area contributed by atoms with Gasteiger partial charge in [0, 0.05) is 25.0 Å². The highest BCUT2D eigenvalue weighted by Crippen LogP contribution is 2.29. The number of aromatic nitrogens is 1. The van der Waals surface area contributed by atoms with E-state index in [2.05, 4.69) is 36.9 Å². The van der Waals surface area contributed by atoms with E-state index in [0.29, 0.717) is 11.1 Å². The van der Waals surface area contributed by atoms with Crippen LogP contribution in [-0.2, 0) is 46.3 Å². The summed E-state index contributed by atoms with van der Waals surface area (Å²) >= 11 is 6.01. The van der Waals surface area contributed by atoms with Gasteiger partial charge >= 0.3 is 5.97 Å². The number of benzene rings is 4. The summed E-state index contributed by atoms with van der Waals surface area (Å²) in [4.78, 5) is 102. The number of hydrogen-bond acceptors (Lipinski definition) is 12. The molecule has 1 fully saturated rings. The molecule has 0 aliphatic carbocycles. The third kappa shape index (κ3) is 12.3. The predicted molar refractivity (Wildman–Crippen MR) is 236 cm³/mol. The number of esters is 1. The van der Waals surface area contributed by atoms with Gasteiger partial charge in [-0.25, -0.2) is 4.79 Å². The first-order valence-electron chi connectivity index (χ1n) is 20.5. The Morgan fingerprint density at radius 3 is 1.76 bits per heavy atom. The third-order valence-electron chi connectivity index (χ3n) is 10.4. The Morgan fingerprint density at radius 1 is 0.652 bits per heavy atom. The number of amides is 6. The molecule has 4 aromatic carbocycles. The minimum absolute atomic E-state index is 0.0162. The first kappa shape index (κ1) is 47.4. The number of phenolic OH excluding ortho intramolecular Hbond substituents is 4. The van der Waals surface area contributed by atoms with Crippen molar-refractivity contribution in [2.45, 2.75) is 69.0 Å². The van der Waals surface area contributed by atoms with Crippen LogP contribution < -0.4 is 31.9 Å². The topological polar surface area (TPSA) is 298 Å². The van der Waals surface area contributed by atoms with Crippen LogP contribution in [0.1, 0.15) is 58.7 Å². The van der Waals surface area contributed by atoms with Crippen LogP contribution in [0.15, 0.2) is 109 Å². The molecule has 7 unspecified atom stereocenters. The maximum absolute atomic E-state index is 14.6. The van der Waals surface area contributed by atoms with Crippen molar-refractivity contribution in [2.75, 3.05) is 0 Å². The maximum atomic E-state index is 14.6. The monoisotopic (exact) mass is 923 g/mol. The fourth-order valence-electron chi connectivity index (χ4n) is 7.11. The second-order valence-corrected chi connectivity index (χ2v) is 15.9. The summed E-state index contributed by atoms with van der Waals surface area (Å²) in [6, 6.07) is 16.2. The van der Waals surface area contributed by atoms with E-state index in [1.165, 1.54) is 26.0 Å². The number of hydrogen-bond donors (Lipinski definition) is 11. The van der Waals surface area contributed by atoms with Crippen molar-refractivity contribution in [1.29, 1.82) is 0 Å². The Hall–Kier alpha value is -8.06. The second-order valence-electron chi connectivity index (χ2n) is 15.5. The van der Waals surface area contributed by atoms with Crippen LogP contribution in [0.25, 0.3) is 0 Å². The number of halogens is 1. The summed E-state index contributed by atoms with van der Waals surface area (Å²) in [6.07, 6.45) is -1.89. The first-order valence-corrected chi connectivity index (χ1v) is 20.8. The van der Waals surface area contributed by atoms with Crippen LogP contribution in [0.3, 0.4) is 0 Å². The molecule has 66 heavy (non-hydrogen) atoms. The molecule has 7 atom stereocenters. The van der Waals surface area contributed by atoms with Crippen LogP contribution in [0.5, 0.6) is 23.0 Å². The van der Waals surface area contributed by atoms with Crippen LogP contribution in [-0.4, -0.2) is 97.1 Å². The molecule has 0 spiro atoms. The third-order valence-corrected chi connectivity index (χ3v) is 10.6. The fourth-order valence-corrected chi connectivity index (χ4v) is 7.27. The maximum Gasteiger partial charge on any atom is 0.333 e. The largest absolute Gasteiger partial charge is 0.508 e. The van der Waals surface area contributed by atoms with E-state index in [1.807, 2.05) is 0 Å². The molecule has 344 valence electrons. The van der Waals surface area contributed by atoms with Crippen molar-refractivity contribution in [3.8, 4) is 23.0 Å². The SMILES string of the molecule is CC1NC(=O)C(Cc2ccccc2)NC(=O)C(NC(=O)C(Cc2ccccc2)NC(=O)c2ccc(Cl)[nH]2)C(C)OC(=O)C(c2cc(O)cc(O)c2)NC(=O)C(c2cc(O)cc(O)c2)NC1=O. The Kier molecular flexibility index (Phi) is 15.1. The van der Waals surface area contributed by atoms with Gasteiger partial charge in [0.05, 0.1) is 0 Å². The molecule has 1 aliphatic rings. The summed E-state index contributed by atoms with van der Waals surface area (Å²) in [5.74, 6) is -9.11. The first-order chi connectivity index (χ1) is 31.4. The summed E-state index contributed by atoms with van der Waals surface area (Å²) in [5, 5.41) is 56.9. The van der Waals surface area contributed by atoms with Crippen molar-refractivity contribution in [3.05, 3.63) is 142 Å². The zero-order valence-corrected chi connectivity index (χ0v) is 36.0. The van der Waals surface area contributed by atoms with Crippen molar-refractivity contribution >= 4 is 53.0 Å². The van der Waals surface area contributed by atoms with E-state index < -0.39 is 107 Å². The number of carbonyl (C=O) groups is 7. The second kappa shape index (κ2) is 21.1. The minimum Gasteiger partial charge on any atom is -0.508 e. The number of cyclic esters (lactones) is 1. The number of nitrogens with one attached hydrogen (secondary N) is 7. The smallest absolute Gasteiger partial charge is 0.333 e. The van der Waals surface area contributed by atoms with Gasteiger partial charge < -0.3 is 62.0 Å². The summed E-state index contributed by atoms with van der Waals surface area (Å²) in [6.45, 7) is 2.53. The van der Waals surface area contributed by atoms with Gasteiger partial charge in [0.1, 0.15) is 70.2 Å². The van der Waals surface area contributed by atoms with Gasteiger partial charge in [-0.3, -0.25) is 28.8 Å². The molecule has 5 aromatic rings. The number of ether oxygens (including phenoxy) is 1. The zero-order chi connectivity index (χ0) is 47.7. The molecule has 19 nitrogen and oxygen atoms in total. The molecule has 1 saturated heterocycles. The number of phenols is 4. The average Bonchev–Trinajstić information content (AvgIpc) is 3.71. The molecular formula is C46H46ClN7O12. The van der Waals surface area contributed by atoms with E-state index in [-0.39, 0.29) is 34.8 Å². The van der Waals surface area contributed by atoms with Crippen LogP contribution >= 0.6 is 11.6 Å². The Labute approximate surface area is 381 Å². The molecule has 1 aliphatic heterocycles. The lowest BCUT2D eigenvalue weighted by molar-refractivity contribution is -0.156. The number of H-pyrrole nitrogens is 1. The van der Waals surface area contributed by atoms with Crippen molar-refractivity contribution < 1.29 is 58.7 Å². The van der Waals surface area contributed by atoms with Gasteiger partial charge in [-0.15, -0.1) is 0 Å². The molecule has 0 saturated carbocycles. The Morgan fingerprint density at radius 2 is 1.20 bits per heavy atom. The molecule has 0 radical (unpaired) electrons. The number of aromatic hydroxyl groups is 4. The molecule has 2 heterocycles. The summed E-state index contributed by atoms with van der Waals surface area (Å²) in [5.41, 5.74) is 0.770. The molecule has 20 heteroatoms. The van der Waals surface area contributed by atoms with Gasteiger partial charge in [0.15, 0.2) is 6.04 Å². The lowest BCUT2D eigenvalue weighted by atomic mass is 10.0. The summed E-state index contributed by atoms with van der Waals surface area (Å²) < 4.78 is 5.81. The average molecular weight is 924 g/mol. The van der Waals surface area contributed by atoms with Gasteiger partial charge in [-0.2, -0.15) is 0 Å². The molecule has 1 aromatic heterocycles. The molecule has 6 rings (SSSR count). The highest BCUT2D eigenvalue weighted by molar-refractivity contribution is 6.29. The van der Waals surface area contributed by atoms with Crippen molar-refractivity contribution in [1.82, 2.24) is 36.9 Å². The van der Waals surface area contributed by atoms with E-state index in [1.54, 1.807) is 60.7 Å². The van der Waals surface area contributed by atoms with Crippen LogP contribution in [0, 0.1) is 0 Å². The normalized spacial score (nSPS) is 21.2. The zero-order valence-electron chi connectivity index (χ0n) is 35.3. The lowest BCUT2D eigenvalue weighted by Gasteiger charge is -2.31. The number of aromatic amines is 1. The van der Waals surface area contributed by atoms with Gasteiger partial charge in [-0.1, -0.05) is 72.3 Å². The molecule has 6 amide bonds. The lowest BCUT2D eigenvalue weighted by Crippen LogP contribution is -2.62. The van der Waals surface area contributed by atoms with E-state index >= 15 is 0 Å². The van der Waals surface area contributed by atoms with Crippen LogP contribution in [0.2, 0.25) is 5.15 Å². The van der Waals surface area contributed by atoms with E-state index in [4.69, 9.17) is 16.3 Å². The molecule has 0 bridgehead atoms. The number of carbonyl (C=O) groups excluding carboxylic acids is 7. The summed E-state index contributed by atoms with van der Waals surface area (Å²) in [7, 11) is 0. The Balaban J connectivity index is 1.43. The fraction of sp³-hybridized carbons (Fsp3) is 0.239.